The first kappa shape index (κ1) is 18.1. The fourth-order valence-corrected chi connectivity index (χ4v) is 4.82. The van der Waals surface area contributed by atoms with Crippen LogP contribution in [0.1, 0.15) is 30.7 Å². The van der Waals surface area contributed by atoms with Crippen molar-refractivity contribution in [3.63, 3.8) is 0 Å². The van der Waals surface area contributed by atoms with E-state index in [0.717, 1.165) is 44.5 Å². The van der Waals surface area contributed by atoms with Gasteiger partial charge < -0.3 is 15.1 Å². The number of piperazine rings is 1. The molecule has 3 atom stereocenters. The van der Waals surface area contributed by atoms with Crippen molar-refractivity contribution in [1.82, 2.24) is 15.1 Å². The van der Waals surface area contributed by atoms with E-state index in [1.165, 1.54) is 0 Å². The molecule has 26 heavy (non-hydrogen) atoms. The molecule has 1 aromatic carbocycles. The third-order valence-corrected chi connectivity index (χ3v) is 6.13. The summed E-state index contributed by atoms with van der Waals surface area (Å²) in [7, 11) is 0. The average molecular weight is 396 g/mol. The van der Waals surface area contributed by atoms with Crippen LogP contribution in [-0.2, 0) is 9.59 Å². The standard InChI is InChI=1S/C19H23Cl2N3O2/c20-13-6-12(7-14(21)8-13)16-9-17(16)19(26)23-4-1-2-15(11-23)24-5-3-22-10-18(24)25/h6-8,15-17,22H,1-5,9-11H2. The van der Waals surface area contributed by atoms with Crippen molar-refractivity contribution in [3.05, 3.63) is 33.8 Å². The van der Waals surface area contributed by atoms with Gasteiger partial charge in [-0.05, 0) is 48.9 Å². The second kappa shape index (κ2) is 7.37. The van der Waals surface area contributed by atoms with E-state index in [0.29, 0.717) is 23.1 Å². The largest absolute Gasteiger partial charge is 0.340 e. The molecular formula is C19H23Cl2N3O2. The molecule has 2 amide bonds. The number of carbonyl (C=O) groups is 2. The van der Waals surface area contributed by atoms with E-state index in [4.69, 9.17) is 23.2 Å². The lowest BCUT2D eigenvalue weighted by Gasteiger charge is -2.41. The number of benzene rings is 1. The molecule has 1 saturated carbocycles. The highest BCUT2D eigenvalue weighted by molar-refractivity contribution is 6.34. The summed E-state index contributed by atoms with van der Waals surface area (Å²) in [4.78, 5) is 29.0. The van der Waals surface area contributed by atoms with Gasteiger partial charge in [0.25, 0.3) is 0 Å². The summed E-state index contributed by atoms with van der Waals surface area (Å²) in [5, 5.41) is 4.33. The van der Waals surface area contributed by atoms with Gasteiger partial charge in [0.1, 0.15) is 0 Å². The Kier molecular flexibility index (Phi) is 5.13. The molecule has 2 saturated heterocycles. The molecule has 0 radical (unpaired) electrons. The Balaban J connectivity index is 1.40. The summed E-state index contributed by atoms with van der Waals surface area (Å²) < 4.78 is 0. The summed E-state index contributed by atoms with van der Waals surface area (Å²) in [5.41, 5.74) is 1.05. The minimum absolute atomic E-state index is 0.0157. The smallest absolute Gasteiger partial charge is 0.236 e. The lowest BCUT2D eigenvalue weighted by atomic mass is 10.0. The number of hydrogen-bond donors (Lipinski definition) is 1. The van der Waals surface area contributed by atoms with Gasteiger partial charge >= 0.3 is 0 Å². The third kappa shape index (κ3) is 3.71. The molecule has 1 N–H and O–H groups in total. The molecule has 5 nitrogen and oxygen atoms in total. The number of halogens is 2. The molecule has 0 bridgehead atoms. The Morgan fingerprint density at radius 3 is 2.65 bits per heavy atom. The van der Waals surface area contributed by atoms with Crippen LogP contribution in [0.2, 0.25) is 10.0 Å². The van der Waals surface area contributed by atoms with Crippen LogP contribution in [0.3, 0.4) is 0 Å². The van der Waals surface area contributed by atoms with Gasteiger partial charge in [0, 0.05) is 48.2 Å². The number of hydrogen-bond acceptors (Lipinski definition) is 3. The Bertz CT molecular complexity index is 706. The van der Waals surface area contributed by atoms with Crippen molar-refractivity contribution >= 4 is 35.0 Å². The molecule has 3 aliphatic rings. The Morgan fingerprint density at radius 2 is 1.92 bits per heavy atom. The number of likely N-dealkylation sites (tertiary alicyclic amines) is 1. The van der Waals surface area contributed by atoms with Crippen LogP contribution in [0.25, 0.3) is 0 Å². The van der Waals surface area contributed by atoms with Crippen LogP contribution >= 0.6 is 23.2 Å². The van der Waals surface area contributed by atoms with Gasteiger partial charge in [-0.3, -0.25) is 9.59 Å². The maximum atomic E-state index is 13.0. The van der Waals surface area contributed by atoms with Crippen LogP contribution in [0.15, 0.2) is 18.2 Å². The first-order valence-electron chi connectivity index (χ1n) is 9.28. The van der Waals surface area contributed by atoms with E-state index >= 15 is 0 Å². The van der Waals surface area contributed by atoms with Crippen LogP contribution in [0, 0.1) is 5.92 Å². The fraction of sp³-hybridized carbons (Fsp3) is 0.579. The van der Waals surface area contributed by atoms with Crippen molar-refractivity contribution in [2.45, 2.75) is 31.2 Å². The zero-order valence-corrected chi connectivity index (χ0v) is 16.1. The number of rotatable bonds is 3. The van der Waals surface area contributed by atoms with E-state index < -0.39 is 0 Å². The minimum Gasteiger partial charge on any atom is -0.340 e. The minimum atomic E-state index is 0.0157. The van der Waals surface area contributed by atoms with Crippen LogP contribution in [-0.4, -0.2) is 60.4 Å². The molecule has 3 unspecified atom stereocenters. The van der Waals surface area contributed by atoms with Gasteiger partial charge in [-0.15, -0.1) is 0 Å². The van der Waals surface area contributed by atoms with Crippen molar-refractivity contribution < 1.29 is 9.59 Å². The van der Waals surface area contributed by atoms with Gasteiger partial charge in [-0.2, -0.15) is 0 Å². The summed E-state index contributed by atoms with van der Waals surface area (Å²) in [5.74, 6) is 0.578. The van der Waals surface area contributed by atoms with Crippen molar-refractivity contribution in [2.75, 3.05) is 32.7 Å². The average Bonchev–Trinajstić information content (AvgIpc) is 3.41. The third-order valence-electron chi connectivity index (χ3n) is 5.70. The SMILES string of the molecule is O=C(C1CC1c1cc(Cl)cc(Cl)c1)N1CCCC(N2CCNCC2=O)C1. The van der Waals surface area contributed by atoms with Crippen LogP contribution in [0.4, 0.5) is 0 Å². The fourth-order valence-electron chi connectivity index (χ4n) is 4.28. The molecule has 2 heterocycles. The molecule has 2 aliphatic heterocycles. The number of nitrogens with one attached hydrogen (secondary N) is 1. The molecule has 3 fully saturated rings. The molecule has 4 rings (SSSR count). The lowest BCUT2D eigenvalue weighted by Crippen LogP contribution is -2.57. The van der Waals surface area contributed by atoms with Crippen LogP contribution in [0.5, 0.6) is 0 Å². The molecule has 140 valence electrons. The Labute approximate surface area is 163 Å². The first-order chi connectivity index (χ1) is 12.5. The van der Waals surface area contributed by atoms with Crippen molar-refractivity contribution in [3.8, 4) is 0 Å². The highest BCUT2D eigenvalue weighted by Crippen LogP contribution is 2.49. The number of nitrogens with zero attached hydrogens (tertiary/aromatic N) is 2. The predicted octanol–water partition coefficient (Wildman–Crippen LogP) is 2.52. The van der Waals surface area contributed by atoms with Crippen molar-refractivity contribution in [1.29, 1.82) is 0 Å². The molecule has 1 aromatic rings. The molecule has 1 aliphatic carbocycles. The predicted molar refractivity (Wildman–Crippen MR) is 101 cm³/mol. The maximum Gasteiger partial charge on any atom is 0.236 e. The molecular weight excluding hydrogens is 373 g/mol. The quantitative estimate of drug-likeness (QED) is 0.855. The van der Waals surface area contributed by atoms with Gasteiger partial charge in [0.05, 0.1) is 6.54 Å². The van der Waals surface area contributed by atoms with E-state index in [-0.39, 0.29) is 29.7 Å². The summed E-state index contributed by atoms with van der Waals surface area (Å²) >= 11 is 12.2. The zero-order valence-electron chi connectivity index (χ0n) is 14.6. The maximum absolute atomic E-state index is 13.0. The topological polar surface area (TPSA) is 52.7 Å². The zero-order chi connectivity index (χ0) is 18.3. The normalized spacial score (nSPS) is 29.0. The van der Waals surface area contributed by atoms with Gasteiger partial charge in [-0.25, -0.2) is 0 Å². The molecule has 0 aromatic heterocycles. The molecule has 0 spiro atoms. The van der Waals surface area contributed by atoms with E-state index in [1.807, 2.05) is 21.9 Å². The first-order valence-corrected chi connectivity index (χ1v) is 10.0. The Hall–Kier alpha value is -1.30. The second-order valence-electron chi connectivity index (χ2n) is 7.50. The summed E-state index contributed by atoms with van der Waals surface area (Å²) in [6, 6.07) is 5.68. The van der Waals surface area contributed by atoms with Crippen LogP contribution < -0.4 is 5.32 Å². The van der Waals surface area contributed by atoms with E-state index in [9.17, 15) is 9.59 Å². The summed E-state index contributed by atoms with van der Waals surface area (Å²) in [6.07, 6.45) is 2.78. The monoisotopic (exact) mass is 395 g/mol. The summed E-state index contributed by atoms with van der Waals surface area (Å²) in [6.45, 7) is 3.42. The van der Waals surface area contributed by atoms with Crippen molar-refractivity contribution in [2.24, 2.45) is 5.92 Å². The lowest BCUT2D eigenvalue weighted by molar-refractivity contribution is -0.141. The number of carbonyl (C=O) groups excluding carboxylic acids is 2. The second-order valence-corrected chi connectivity index (χ2v) is 8.37. The Morgan fingerprint density at radius 1 is 1.15 bits per heavy atom. The highest BCUT2D eigenvalue weighted by Gasteiger charge is 2.47. The van der Waals surface area contributed by atoms with Gasteiger partial charge in [0.2, 0.25) is 11.8 Å². The highest BCUT2D eigenvalue weighted by atomic mass is 35.5. The number of piperidine rings is 1. The van der Waals surface area contributed by atoms with Gasteiger partial charge in [-0.1, -0.05) is 23.2 Å². The van der Waals surface area contributed by atoms with E-state index in [2.05, 4.69) is 5.32 Å². The van der Waals surface area contributed by atoms with E-state index in [1.54, 1.807) is 6.07 Å². The molecule has 7 heteroatoms. The van der Waals surface area contributed by atoms with Gasteiger partial charge in [0.15, 0.2) is 0 Å². The number of amides is 2.